The van der Waals surface area contributed by atoms with Crippen LogP contribution in [0.2, 0.25) is 5.02 Å². The highest BCUT2D eigenvalue weighted by Gasteiger charge is 2.09. The van der Waals surface area contributed by atoms with E-state index < -0.39 is 0 Å². The van der Waals surface area contributed by atoms with Crippen molar-refractivity contribution >= 4 is 17.3 Å². The average Bonchev–Trinajstić information content (AvgIpc) is 2.81. The SMILES string of the molecule is CC(N)c1ccc(N(C)Cc2ccoc2)cc1Cl. The fraction of sp³-hybridized carbons (Fsp3) is 0.286. The molecule has 96 valence electrons. The molecule has 2 aromatic rings. The van der Waals surface area contributed by atoms with Gasteiger partial charge in [-0.05, 0) is 30.7 Å². The Morgan fingerprint density at radius 2 is 2.17 bits per heavy atom. The lowest BCUT2D eigenvalue weighted by atomic mass is 10.1. The number of halogens is 1. The Hall–Kier alpha value is -1.45. The molecule has 0 saturated carbocycles. The van der Waals surface area contributed by atoms with Crippen molar-refractivity contribution in [2.45, 2.75) is 19.5 Å². The second-order valence-electron chi connectivity index (χ2n) is 4.48. The van der Waals surface area contributed by atoms with E-state index in [1.165, 1.54) is 0 Å². The third kappa shape index (κ3) is 2.86. The molecule has 0 saturated heterocycles. The van der Waals surface area contributed by atoms with Crippen LogP contribution in [0.25, 0.3) is 0 Å². The predicted octanol–water partition coefficient (Wildman–Crippen LogP) is 3.59. The van der Waals surface area contributed by atoms with Gasteiger partial charge in [0.25, 0.3) is 0 Å². The summed E-state index contributed by atoms with van der Waals surface area (Å²) in [5.41, 5.74) is 9.00. The number of nitrogens with two attached hydrogens (primary N) is 1. The second kappa shape index (κ2) is 5.46. The van der Waals surface area contributed by atoms with E-state index in [-0.39, 0.29) is 6.04 Å². The molecule has 1 unspecified atom stereocenters. The van der Waals surface area contributed by atoms with Crippen LogP contribution in [0.5, 0.6) is 0 Å². The van der Waals surface area contributed by atoms with Gasteiger partial charge in [0.15, 0.2) is 0 Å². The maximum absolute atomic E-state index is 6.23. The summed E-state index contributed by atoms with van der Waals surface area (Å²) in [6, 6.07) is 7.86. The molecule has 18 heavy (non-hydrogen) atoms. The molecule has 0 aliphatic carbocycles. The smallest absolute Gasteiger partial charge is 0.0952 e. The van der Waals surface area contributed by atoms with Gasteiger partial charge < -0.3 is 15.1 Å². The fourth-order valence-corrected chi connectivity index (χ4v) is 2.22. The molecule has 2 N–H and O–H groups in total. The maximum atomic E-state index is 6.23. The van der Waals surface area contributed by atoms with Crippen molar-refractivity contribution in [3.8, 4) is 0 Å². The number of anilines is 1. The largest absolute Gasteiger partial charge is 0.472 e. The summed E-state index contributed by atoms with van der Waals surface area (Å²) in [7, 11) is 2.02. The van der Waals surface area contributed by atoms with Gasteiger partial charge in [-0.15, -0.1) is 0 Å². The molecule has 1 aromatic carbocycles. The molecule has 0 fully saturated rings. The lowest BCUT2D eigenvalue weighted by molar-refractivity contribution is 0.563. The number of hydrogen-bond acceptors (Lipinski definition) is 3. The van der Waals surface area contributed by atoms with Crippen LogP contribution in [0, 0.1) is 0 Å². The highest BCUT2D eigenvalue weighted by atomic mass is 35.5. The van der Waals surface area contributed by atoms with E-state index in [2.05, 4.69) is 4.90 Å². The molecular weight excluding hydrogens is 248 g/mol. The first-order chi connectivity index (χ1) is 8.58. The third-order valence-corrected chi connectivity index (χ3v) is 3.24. The van der Waals surface area contributed by atoms with Gasteiger partial charge in [-0.1, -0.05) is 17.7 Å². The molecule has 0 aliphatic rings. The van der Waals surface area contributed by atoms with E-state index in [9.17, 15) is 0 Å². The molecule has 4 heteroatoms. The van der Waals surface area contributed by atoms with E-state index in [0.717, 1.165) is 23.4 Å². The summed E-state index contributed by atoms with van der Waals surface area (Å²) >= 11 is 6.23. The van der Waals surface area contributed by atoms with Crippen LogP contribution in [-0.4, -0.2) is 7.05 Å². The zero-order valence-corrected chi connectivity index (χ0v) is 11.3. The van der Waals surface area contributed by atoms with Crippen molar-refractivity contribution < 1.29 is 4.42 Å². The van der Waals surface area contributed by atoms with Gasteiger partial charge in [-0.3, -0.25) is 0 Å². The molecule has 1 atom stereocenters. The lowest BCUT2D eigenvalue weighted by Crippen LogP contribution is -2.16. The topological polar surface area (TPSA) is 42.4 Å². The first kappa shape index (κ1) is 13.0. The fourth-order valence-electron chi connectivity index (χ4n) is 1.87. The van der Waals surface area contributed by atoms with E-state index >= 15 is 0 Å². The van der Waals surface area contributed by atoms with Crippen LogP contribution in [0.4, 0.5) is 5.69 Å². The van der Waals surface area contributed by atoms with Gasteiger partial charge in [0.1, 0.15) is 0 Å². The number of benzene rings is 1. The van der Waals surface area contributed by atoms with E-state index in [1.807, 2.05) is 38.2 Å². The summed E-state index contributed by atoms with van der Waals surface area (Å²) in [6.45, 7) is 2.71. The number of nitrogens with zero attached hydrogens (tertiary/aromatic N) is 1. The summed E-state index contributed by atoms with van der Waals surface area (Å²) in [5, 5.41) is 0.710. The molecule has 0 spiro atoms. The predicted molar refractivity (Wildman–Crippen MR) is 74.9 cm³/mol. The van der Waals surface area contributed by atoms with E-state index in [1.54, 1.807) is 12.5 Å². The Labute approximate surface area is 112 Å². The highest BCUT2D eigenvalue weighted by molar-refractivity contribution is 6.31. The van der Waals surface area contributed by atoms with Gasteiger partial charge in [0.2, 0.25) is 0 Å². The highest BCUT2D eigenvalue weighted by Crippen LogP contribution is 2.27. The van der Waals surface area contributed by atoms with Crippen LogP contribution in [0.1, 0.15) is 24.1 Å². The minimum absolute atomic E-state index is 0.0503. The van der Waals surface area contributed by atoms with Gasteiger partial charge in [-0.25, -0.2) is 0 Å². The molecule has 0 radical (unpaired) electrons. The van der Waals surface area contributed by atoms with Crippen molar-refractivity contribution in [2.24, 2.45) is 5.73 Å². The zero-order valence-electron chi connectivity index (χ0n) is 10.6. The Balaban J connectivity index is 2.16. The van der Waals surface area contributed by atoms with E-state index in [4.69, 9.17) is 21.8 Å². The van der Waals surface area contributed by atoms with Crippen molar-refractivity contribution in [3.63, 3.8) is 0 Å². The Bertz CT molecular complexity index is 509. The number of rotatable bonds is 4. The van der Waals surface area contributed by atoms with Crippen LogP contribution in [-0.2, 0) is 6.54 Å². The first-order valence-electron chi connectivity index (χ1n) is 5.85. The summed E-state index contributed by atoms with van der Waals surface area (Å²) in [4.78, 5) is 2.11. The third-order valence-electron chi connectivity index (χ3n) is 2.92. The second-order valence-corrected chi connectivity index (χ2v) is 4.89. The maximum Gasteiger partial charge on any atom is 0.0952 e. The number of hydrogen-bond donors (Lipinski definition) is 1. The molecular formula is C14H17ClN2O. The zero-order chi connectivity index (χ0) is 13.1. The van der Waals surface area contributed by atoms with Gasteiger partial charge in [0.05, 0.1) is 12.5 Å². The van der Waals surface area contributed by atoms with Gasteiger partial charge >= 0.3 is 0 Å². The van der Waals surface area contributed by atoms with Crippen LogP contribution >= 0.6 is 11.6 Å². The standard InChI is InChI=1S/C14H17ClN2O/c1-10(16)13-4-3-12(7-14(13)15)17(2)8-11-5-6-18-9-11/h3-7,9-10H,8,16H2,1-2H3. The molecule has 0 aliphatic heterocycles. The lowest BCUT2D eigenvalue weighted by Gasteiger charge is -2.20. The quantitative estimate of drug-likeness (QED) is 0.918. The molecule has 2 rings (SSSR count). The molecule has 0 amide bonds. The molecule has 0 bridgehead atoms. The van der Waals surface area contributed by atoms with Crippen molar-refractivity contribution in [1.82, 2.24) is 0 Å². The molecule has 3 nitrogen and oxygen atoms in total. The first-order valence-corrected chi connectivity index (χ1v) is 6.23. The average molecular weight is 265 g/mol. The summed E-state index contributed by atoms with van der Waals surface area (Å²) in [5.74, 6) is 0. The van der Waals surface area contributed by atoms with Crippen molar-refractivity contribution in [2.75, 3.05) is 11.9 Å². The van der Waals surface area contributed by atoms with Gasteiger partial charge in [-0.2, -0.15) is 0 Å². The Morgan fingerprint density at radius 3 is 2.72 bits per heavy atom. The normalized spacial score (nSPS) is 12.4. The van der Waals surface area contributed by atoms with Gasteiger partial charge in [0, 0.05) is 35.9 Å². The Kier molecular flexibility index (Phi) is 3.94. The monoisotopic (exact) mass is 264 g/mol. The minimum Gasteiger partial charge on any atom is -0.472 e. The molecule has 1 aromatic heterocycles. The van der Waals surface area contributed by atoms with E-state index in [0.29, 0.717) is 5.02 Å². The summed E-state index contributed by atoms with van der Waals surface area (Å²) < 4.78 is 5.06. The number of furan rings is 1. The van der Waals surface area contributed by atoms with Crippen LogP contribution < -0.4 is 10.6 Å². The molecule has 1 heterocycles. The van der Waals surface area contributed by atoms with Crippen LogP contribution in [0.3, 0.4) is 0 Å². The Morgan fingerprint density at radius 1 is 1.39 bits per heavy atom. The van der Waals surface area contributed by atoms with Crippen LogP contribution in [0.15, 0.2) is 41.2 Å². The van der Waals surface area contributed by atoms with Crippen molar-refractivity contribution in [1.29, 1.82) is 0 Å². The van der Waals surface area contributed by atoms with Crippen molar-refractivity contribution in [3.05, 3.63) is 52.9 Å². The minimum atomic E-state index is -0.0503. The summed E-state index contributed by atoms with van der Waals surface area (Å²) in [6.07, 6.45) is 3.42.